The highest BCUT2D eigenvalue weighted by Crippen LogP contribution is 2.40. The molecule has 148 valence electrons. The zero-order valence-electron chi connectivity index (χ0n) is 17.6. The largest absolute Gasteiger partial charge is 0.0985 e. The second-order valence-electron chi connectivity index (χ2n) is 8.70. The van der Waals surface area contributed by atoms with Crippen molar-refractivity contribution in [3.05, 3.63) is 115 Å². The summed E-state index contributed by atoms with van der Waals surface area (Å²) in [6.07, 6.45) is 1.92. The molecular formula is C32H20. The van der Waals surface area contributed by atoms with Gasteiger partial charge in [-0.05, 0) is 113 Å². The maximum absolute atomic E-state index is 3.95. The Balaban J connectivity index is 1.78. The van der Waals surface area contributed by atoms with Gasteiger partial charge in [-0.2, -0.15) is 0 Å². The Morgan fingerprint density at radius 3 is 1.09 bits per heavy atom. The Hall–Kier alpha value is -4.16. The summed E-state index contributed by atoms with van der Waals surface area (Å²) in [5, 5.41) is 15.5. The molecule has 0 bridgehead atoms. The highest BCUT2D eigenvalue weighted by atomic mass is 14.2. The third kappa shape index (κ3) is 2.44. The van der Waals surface area contributed by atoms with Crippen LogP contribution in [0, 0.1) is 0 Å². The minimum atomic E-state index is 1.15. The lowest BCUT2D eigenvalue weighted by Crippen LogP contribution is -1.87. The number of hydrogen-bond donors (Lipinski definition) is 0. The van der Waals surface area contributed by atoms with Crippen molar-refractivity contribution in [2.75, 3.05) is 0 Å². The van der Waals surface area contributed by atoms with Crippen molar-refractivity contribution in [2.45, 2.75) is 0 Å². The van der Waals surface area contributed by atoms with Crippen LogP contribution in [0.15, 0.2) is 110 Å². The van der Waals surface area contributed by atoms with Crippen LogP contribution in [0.25, 0.3) is 70.7 Å². The Kier molecular flexibility index (Phi) is 3.51. The molecule has 0 heterocycles. The Labute approximate surface area is 186 Å². The lowest BCUT2D eigenvalue weighted by atomic mass is 9.89. The van der Waals surface area contributed by atoms with E-state index in [0.717, 1.165) is 5.56 Å². The van der Waals surface area contributed by atoms with E-state index in [2.05, 4.69) is 110 Å². The summed E-state index contributed by atoms with van der Waals surface area (Å²) in [6.45, 7) is 3.95. The fourth-order valence-electron chi connectivity index (χ4n) is 5.26. The Morgan fingerprint density at radius 2 is 0.719 bits per heavy atom. The SMILES string of the molecule is C=Cc1ccc2cc3c4cc5ccccc5cc4c4cc5ccccc5cc4c3cc2c1. The predicted octanol–water partition coefficient (Wildman–Crippen LogP) is 9.25. The van der Waals surface area contributed by atoms with Gasteiger partial charge in [0.25, 0.3) is 0 Å². The first-order valence-corrected chi connectivity index (χ1v) is 11.1. The molecule has 0 heteroatoms. The van der Waals surface area contributed by atoms with Crippen LogP contribution in [-0.4, -0.2) is 0 Å². The summed E-state index contributed by atoms with van der Waals surface area (Å²) in [6, 6.07) is 38.1. The maximum atomic E-state index is 3.95. The highest BCUT2D eigenvalue weighted by Gasteiger charge is 2.12. The number of fused-ring (bicyclic) bond motifs is 9. The highest BCUT2D eigenvalue weighted by molar-refractivity contribution is 6.30. The maximum Gasteiger partial charge on any atom is -0.00923 e. The molecule has 0 amide bonds. The number of hydrogen-bond acceptors (Lipinski definition) is 0. The third-order valence-electron chi connectivity index (χ3n) is 6.88. The molecule has 0 aliphatic rings. The molecule has 0 aliphatic heterocycles. The van der Waals surface area contributed by atoms with Crippen LogP contribution in [-0.2, 0) is 0 Å². The van der Waals surface area contributed by atoms with E-state index in [1.165, 1.54) is 64.6 Å². The Morgan fingerprint density at radius 1 is 0.375 bits per heavy atom. The molecule has 0 aromatic heterocycles. The monoisotopic (exact) mass is 404 g/mol. The summed E-state index contributed by atoms with van der Waals surface area (Å²) in [5.41, 5.74) is 1.15. The van der Waals surface area contributed by atoms with Crippen molar-refractivity contribution in [2.24, 2.45) is 0 Å². The normalized spacial score (nSPS) is 11.9. The first-order chi connectivity index (χ1) is 15.8. The van der Waals surface area contributed by atoms with Crippen molar-refractivity contribution in [1.82, 2.24) is 0 Å². The van der Waals surface area contributed by atoms with Gasteiger partial charge < -0.3 is 0 Å². The first kappa shape index (κ1) is 17.5. The molecule has 7 aromatic rings. The van der Waals surface area contributed by atoms with E-state index in [4.69, 9.17) is 0 Å². The smallest absolute Gasteiger partial charge is 0.00923 e. The minimum absolute atomic E-state index is 1.15. The lowest BCUT2D eigenvalue weighted by molar-refractivity contribution is 1.74. The summed E-state index contributed by atoms with van der Waals surface area (Å²) < 4.78 is 0. The molecule has 0 spiro atoms. The number of benzene rings is 7. The average Bonchev–Trinajstić information content (AvgIpc) is 2.85. The summed E-state index contributed by atoms with van der Waals surface area (Å²) in [5.74, 6) is 0. The average molecular weight is 405 g/mol. The quantitative estimate of drug-likeness (QED) is 0.189. The van der Waals surface area contributed by atoms with Crippen molar-refractivity contribution >= 4 is 70.7 Å². The second kappa shape index (κ2) is 6.42. The summed E-state index contributed by atoms with van der Waals surface area (Å²) in [4.78, 5) is 0. The lowest BCUT2D eigenvalue weighted by Gasteiger charge is -2.14. The van der Waals surface area contributed by atoms with Gasteiger partial charge in [0.2, 0.25) is 0 Å². The van der Waals surface area contributed by atoms with Crippen LogP contribution in [0.3, 0.4) is 0 Å². The van der Waals surface area contributed by atoms with E-state index in [1.807, 2.05) is 6.08 Å². The van der Waals surface area contributed by atoms with E-state index in [1.54, 1.807) is 0 Å². The van der Waals surface area contributed by atoms with E-state index in [0.29, 0.717) is 0 Å². The van der Waals surface area contributed by atoms with Gasteiger partial charge in [0.1, 0.15) is 0 Å². The van der Waals surface area contributed by atoms with Crippen LogP contribution in [0.4, 0.5) is 0 Å². The van der Waals surface area contributed by atoms with Gasteiger partial charge in [-0.15, -0.1) is 0 Å². The van der Waals surface area contributed by atoms with Gasteiger partial charge in [0, 0.05) is 0 Å². The van der Waals surface area contributed by atoms with Gasteiger partial charge in [0.15, 0.2) is 0 Å². The zero-order chi connectivity index (χ0) is 21.2. The van der Waals surface area contributed by atoms with Crippen molar-refractivity contribution < 1.29 is 0 Å². The van der Waals surface area contributed by atoms with Gasteiger partial charge in [-0.1, -0.05) is 73.3 Å². The molecule has 0 nitrogen and oxygen atoms in total. The molecule has 0 radical (unpaired) electrons. The third-order valence-corrected chi connectivity index (χ3v) is 6.88. The predicted molar refractivity (Wildman–Crippen MR) is 142 cm³/mol. The topological polar surface area (TPSA) is 0 Å². The Bertz CT molecular complexity index is 1840. The van der Waals surface area contributed by atoms with E-state index in [9.17, 15) is 0 Å². The molecule has 0 unspecified atom stereocenters. The summed E-state index contributed by atoms with van der Waals surface area (Å²) >= 11 is 0. The molecule has 0 saturated carbocycles. The van der Waals surface area contributed by atoms with Gasteiger partial charge in [-0.3, -0.25) is 0 Å². The number of rotatable bonds is 1. The van der Waals surface area contributed by atoms with Crippen LogP contribution < -0.4 is 0 Å². The van der Waals surface area contributed by atoms with Gasteiger partial charge >= 0.3 is 0 Å². The fourth-order valence-corrected chi connectivity index (χ4v) is 5.26. The van der Waals surface area contributed by atoms with Crippen molar-refractivity contribution in [3.8, 4) is 0 Å². The molecule has 0 N–H and O–H groups in total. The van der Waals surface area contributed by atoms with Gasteiger partial charge in [0.05, 0.1) is 0 Å². The molecular weight excluding hydrogens is 384 g/mol. The molecule has 7 aromatic carbocycles. The second-order valence-corrected chi connectivity index (χ2v) is 8.70. The zero-order valence-corrected chi connectivity index (χ0v) is 17.6. The van der Waals surface area contributed by atoms with Crippen molar-refractivity contribution in [3.63, 3.8) is 0 Å². The molecule has 7 rings (SSSR count). The first-order valence-electron chi connectivity index (χ1n) is 11.1. The van der Waals surface area contributed by atoms with E-state index in [-0.39, 0.29) is 0 Å². The van der Waals surface area contributed by atoms with E-state index >= 15 is 0 Å². The molecule has 0 atom stereocenters. The molecule has 0 saturated heterocycles. The molecule has 0 fully saturated rings. The minimum Gasteiger partial charge on any atom is -0.0985 e. The molecule has 0 aliphatic carbocycles. The van der Waals surface area contributed by atoms with Crippen LogP contribution >= 0.6 is 0 Å². The van der Waals surface area contributed by atoms with Crippen molar-refractivity contribution in [1.29, 1.82) is 0 Å². The fraction of sp³-hybridized carbons (Fsp3) is 0. The van der Waals surface area contributed by atoms with Crippen LogP contribution in [0.2, 0.25) is 0 Å². The van der Waals surface area contributed by atoms with E-state index < -0.39 is 0 Å². The van der Waals surface area contributed by atoms with Crippen LogP contribution in [0.1, 0.15) is 5.56 Å². The van der Waals surface area contributed by atoms with Gasteiger partial charge in [-0.25, -0.2) is 0 Å². The van der Waals surface area contributed by atoms with Crippen LogP contribution in [0.5, 0.6) is 0 Å². The standard InChI is InChI=1S/C32H20/c1-2-20-11-12-25-18-31-29-16-23-9-4-3-7-21(23)14-27(29)28-15-22-8-5-6-10-24(22)17-30(28)32(31)19-26(25)13-20/h2-19H,1H2. The summed E-state index contributed by atoms with van der Waals surface area (Å²) in [7, 11) is 0. The molecule has 32 heavy (non-hydrogen) atoms.